The lowest BCUT2D eigenvalue weighted by molar-refractivity contribution is -0.120. The summed E-state index contributed by atoms with van der Waals surface area (Å²) in [5, 5.41) is 6.04. The zero-order chi connectivity index (χ0) is 15.8. The Bertz CT molecular complexity index is 463. The van der Waals surface area contributed by atoms with Crippen molar-refractivity contribution >= 4 is 11.6 Å². The normalized spacial score (nSPS) is 10.8. The van der Waals surface area contributed by atoms with E-state index in [2.05, 4.69) is 10.6 Å². The van der Waals surface area contributed by atoms with Gasteiger partial charge in [-0.2, -0.15) is 0 Å². The Morgan fingerprint density at radius 1 is 1.33 bits per heavy atom. The van der Waals surface area contributed by atoms with Crippen molar-refractivity contribution in [3.05, 3.63) is 29.6 Å². The summed E-state index contributed by atoms with van der Waals surface area (Å²) in [7, 11) is 0. The zero-order valence-corrected chi connectivity index (χ0v) is 13.4. The molecule has 1 aromatic rings. The van der Waals surface area contributed by atoms with E-state index in [0.717, 1.165) is 12.1 Å². The first-order valence-corrected chi connectivity index (χ1v) is 7.51. The molecule has 0 atom stereocenters. The van der Waals surface area contributed by atoms with Gasteiger partial charge in [0.25, 0.3) is 0 Å². The smallest absolute Gasteiger partial charge is 0.239 e. The van der Waals surface area contributed by atoms with Gasteiger partial charge in [-0.1, -0.05) is 19.1 Å². The second-order valence-electron chi connectivity index (χ2n) is 5.26. The van der Waals surface area contributed by atoms with Gasteiger partial charge in [-0.25, -0.2) is 4.39 Å². The molecule has 0 saturated heterocycles. The highest BCUT2D eigenvalue weighted by atomic mass is 19.1. The molecule has 21 heavy (non-hydrogen) atoms. The van der Waals surface area contributed by atoms with E-state index in [1.165, 1.54) is 6.07 Å². The molecule has 0 heterocycles. The van der Waals surface area contributed by atoms with Gasteiger partial charge in [0, 0.05) is 19.1 Å². The maximum atomic E-state index is 14.2. The van der Waals surface area contributed by atoms with Crippen LogP contribution in [0.25, 0.3) is 0 Å². The molecule has 4 nitrogen and oxygen atoms in total. The molecule has 0 fully saturated rings. The van der Waals surface area contributed by atoms with Crippen LogP contribution < -0.4 is 15.5 Å². The molecule has 0 saturated carbocycles. The van der Waals surface area contributed by atoms with Crippen molar-refractivity contribution in [2.45, 2.75) is 40.3 Å². The van der Waals surface area contributed by atoms with Crippen LogP contribution in [0.3, 0.4) is 0 Å². The molecule has 0 bridgehead atoms. The molecule has 0 aliphatic heterocycles. The van der Waals surface area contributed by atoms with E-state index in [9.17, 15) is 9.18 Å². The van der Waals surface area contributed by atoms with Crippen LogP contribution in [0.5, 0.6) is 0 Å². The van der Waals surface area contributed by atoms with E-state index >= 15 is 0 Å². The number of benzene rings is 1. The quantitative estimate of drug-likeness (QED) is 0.773. The number of amides is 1. The van der Waals surface area contributed by atoms with Crippen molar-refractivity contribution in [2.24, 2.45) is 0 Å². The fourth-order valence-corrected chi connectivity index (χ4v) is 2.21. The first kappa shape index (κ1) is 17.4. The van der Waals surface area contributed by atoms with E-state index in [1.54, 1.807) is 11.0 Å². The van der Waals surface area contributed by atoms with Crippen molar-refractivity contribution in [3.63, 3.8) is 0 Å². The summed E-state index contributed by atoms with van der Waals surface area (Å²) in [5.41, 5.74) is 1.39. The summed E-state index contributed by atoms with van der Waals surface area (Å²) < 4.78 is 14.2. The molecule has 1 amide bonds. The number of anilines is 1. The van der Waals surface area contributed by atoms with Crippen LogP contribution in [0.1, 0.15) is 33.3 Å². The van der Waals surface area contributed by atoms with Gasteiger partial charge in [-0.3, -0.25) is 4.79 Å². The first-order valence-electron chi connectivity index (χ1n) is 7.51. The molecule has 0 aromatic heterocycles. The minimum absolute atomic E-state index is 0.0815. The number of nitrogens with zero attached hydrogens (tertiary/aromatic N) is 1. The van der Waals surface area contributed by atoms with E-state index in [0.29, 0.717) is 18.8 Å². The number of hydrogen-bond acceptors (Lipinski definition) is 3. The predicted octanol–water partition coefficient (Wildman–Crippen LogP) is 2.29. The van der Waals surface area contributed by atoms with Crippen LogP contribution in [0.2, 0.25) is 0 Å². The Kier molecular flexibility index (Phi) is 7.15. The van der Waals surface area contributed by atoms with Gasteiger partial charge >= 0.3 is 0 Å². The van der Waals surface area contributed by atoms with Crippen LogP contribution in [0.15, 0.2) is 18.2 Å². The van der Waals surface area contributed by atoms with Crippen LogP contribution in [0.4, 0.5) is 10.1 Å². The zero-order valence-electron chi connectivity index (χ0n) is 13.4. The number of nitrogens with one attached hydrogen (secondary N) is 2. The summed E-state index contributed by atoms with van der Waals surface area (Å²) >= 11 is 0. The standard InChI is InChI=1S/C16H26FN3O/c1-5-18-10-13-8-7-9-14(17)16(13)20(6-2)11-15(21)19-12(3)4/h7-9,12,18H,5-6,10-11H2,1-4H3,(H,19,21). The maximum Gasteiger partial charge on any atom is 0.239 e. The Labute approximate surface area is 126 Å². The third-order valence-corrected chi connectivity index (χ3v) is 3.12. The van der Waals surface area contributed by atoms with Crippen LogP contribution in [0, 0.1) is 5.82 Å². The molecule has 1 rings (SSSR count). The maximum absolute atomic E-state index is 14.2. The van der Waals surface area contributed by atoms with Gasteiger partial charge in [-0.15, -0.1) is 0 Å². The average molecular weight is 295 g/mol. The number of carbonyl (C=O) groups excluding carboxylic acids is 1. The number of likely N-dealkylation sites (N-methyl/N-ethyl adjacent to an activating group) is 1. The van der Waals surface area contributed by atoms with Crippen LogP contribution in [-0.4, -0.2) is 31.6 Å². The second kappa shape index (κ2) is 8.62. The average Bonchev–Trinajstić information content (AvgIpc) is 2.42. The minimum atomic E-state index is -0.287. The minimum Gasteiger partial charge on any atom is -0.360 e. The fraction of sp³-hybridized carbons (Fsp3) is 0.562. The molecule has 0 aliphatic rings. The molecular formula is C16H26FN3O. The van der Waals surface area contributed by atoms with Crippen molar-refractivity contribution in [1.82, 2.24) is 10.6 Å². The van der Waals surface area contributed by atoms with Gasteiger partial charge in [-0.05, 0) is 38.9 Å². The van der Waals surface area contributed by atoms with E-state index in [1.807, 2.05) is 33.8 Å². The highest BCUT2D eigenvalue weighted by Gasteiger charge is 2.17. The molecular weight excluding hydrogens is 269 g/mol. The lowest BCUT2D eigenvalue weighted by Crippen LogP contribution is -2.40. The van der Waals surface area contributed by atoms with Crippen LogP contribution in [-0.2, 0) is 11.3 Å². The van der Waals surface area contributed by atoms with Crippen molar-refractivity contribution in [1.29, 1.82) is 0 Å². The highest BCUT2D eigenvalue weighted by Crippen LogP contribution is 2.24. The summed E-state index contributed by atoms with van der Waals surface area (Å²) in [5.74, 6) is -0.380. The van der Waals surface area contributed by atoms with Gasteiger partial charge in [0.15, 0.2) is 0 Å². The summed E-state index contributed by atoms with van der Waals surface area (Å²) in [4.78, 5) is 13.7. The fourth-order valence-electron chi connectivity index (χ4n) is 2.21. The molecule has 2 N–H and O–H groups in total. The monoisotopic (exact) mass is 295 g/mol. The van der Waals surface area contributed by atoms with Gasteiger partial charge < -0.3 is 15.5 Å². The molecule has 0 unspecified atom stereocenters. The molecule has 0 radical (unpaired) electrons. The Balaban J connectivity index is 2.95. The Morgan fingerprint density at radius 3 is 2.62 bits per heavy atom. The number of para-hydroxylation sites is 1. The lowest BCUT2D eigenvalue weighted by atomic mass is 10.1. The lowest BCUT2D eigenvalue weighted by Gasteiger charge is -2.26. The van der Waals surface area contributed by atoms with E-state index < -0.39 is 0 Å². The number of rotatable bonds is 8. The topological polar surface area (TPSA) is 44.4 Å². The Hall–Kier alpha value is -1.62. The van der Waals surface area contributed by atoms with Gasteiger partial charge in [0.2, 0.25) is 5.91 Å². The van der Waals surface area contributed by atoms with E-state index in [-0.39, 0.29) is 24.3 Å². The Morgan fingerprint density at radius 2 is 2.05 bits per heavy atom. The number of carbonyl (C=O) groups is 1. The largest absolute Gasteiger partial charge is 0.360 e. The van der Waals surface area contributed by atoms with Crippen molar-refractivity contribution in [3.8, 4) is 0 Å². The molecule has 0 spiro atoms. The predicted molar refractivity (Wildman–Crippen MR) is 84.9 cm³/mol. The van der Waals surface area contributed by atoms with E-state index in [4.69, 9.17) is 0 Å². The van der Waals surface area contributed by atoms with Crippen LogP contribution >= 0.6 is 0 Å². The third-order valence-electron chi connectivity index (χ3n) is 3.12. The highest BCUT2D eigenvalue weighted by molar-refractivity contribution is 5.82. The first-order chi connectivity index (χ1) is 9.99. The van der Waals surface area contributed by atoms with Crippen molar-refractivity contribution in [2.75, 3.05) is 24.5 Å². The van der Waals surface area contributed by atoms with Gasteiger partial charge in [0.1, 0.15) is 5.82 Å². The second-order valence-corrected chi connectivity index (χ2v) is 5.26. The van der Waals surface area contributed by atoms with Gasteiger partial charge in [0.05, 0.1) is 12.2 Å². The molecule has 1 aromatic carbocycles. The molecule has 5 heteroatoms. The molecule has 118 valence electrons. The molecule has 0 aliphatic carbocycles. The summed E-state index contributed by atoms with van der Waals surface area (Å²) in [6.07, 6.45) is 0. The third kappa shape index (κ3) is 5.34. The summed E-state index contributed by atoms with van der Waals surface area (Å²) in [6, 6.07) is 5.11. The summed E-state index contributed by atoms with van der Waals surface area (Å²) in [6.45, 7) is 9.89. The van der Waals surface area contributed by atoms with Crippen molar-refractivity contribution < 1.29 is 9.18 Å². The number of halogens is 1. The SMILES string of the molecule is CCNCc1cccc(F)c1N(CC)CC(=O)NC(C)C. The number of hydrogen-bond donors (Lipinski definition) is 2.